The molecular formula is C19H16FNO2. The average molecular weight is 309 g/mol. The van der Waals surface area contributed by atoms with Crippen LogP contribution in [-0.4, -0.2) is 37.1 Å². The molecule has 2 aromatic carbocycles. The molecule has 0 unspecified atom stereocenters. The summed E-state index contributed by atoms with van der Waals surface area (Å²) >= 11 is 0. The summed E-state index contributed by atoms with van der Waals surface area (Å²) in [5.41, 5.74) is 1.73. The molecule has 4 heteroatoms. The van der Waals surface area contributed by atoms with Crippen LogP contribution in [0.5, 0.6) is 0 Å². The van der Waals surface area contributed by atoms with E-state index in [4.69, 9.17) is 4.74 Å². The first kappa shape index (κ1) is 15.3. The fourth-order valence-corrected chi connectivity index (χ4v) is 2.35. The summed E-state index contributed by atoms with van der Waals surface area (Å²) in [6.45, 7) is 2.40. The van der Waals surface area contributed by atoms with Crippen molar-refractivity contribution in [2.45, 2.75) is 0 Å². The van der Waals surface area contributed by atoms with Crippen molar-refractivity contribution in [1.82, 2.24) is 4.90 Å². The van der Waals surface area contributed by atoms with Gasteiger partial charge in [-0.15, -0.1) is 0 Å². The SMILES string of the molecule is O=C(c1ccc(C#Cc2ccccc2F)cc1)N1CCOCC1. The molecule has 0 N–H and O–H groups in total. The summed E-state index contributed by atoms with van der Waals surface area (Å²) in [4.78, 5) is 14.1. The van der Waals surface area contributed by atoms with Crippen LogP contribution in [0.3, 0.4) is 0 Å². The number of benzene rings is 2. The second-order valence-corrected chi connectivity index (χ2v) is 5.21. The van der Waals surface area contributed by atoms with Gasteiger partial charge < -0.3 is 9.64 Å². The molecule has 3 nitrogen and oxygen atoms in total. The summed E-state index contributed by atoms with van der Waals surface area (Å²) in [6, 6.07) is 13.5. The van der Waals surface area contributed by atoms with Gasteiger partial charge in [0.15, 0.2) is 0 Å². The van der Waals surface area contributed by atoms with E-state index in [2.05, 4.69) is 11.8 Å². The molecular weight excluding hydrogens is 293 g/mol. The largest absolute Gasteiger partial charge is 0.378 e. The van der Waals surface area contributed by atoms with Crippen molar-refractivity contribution in [3.8, 4) is 11.8 Å². The third kappa shape index (κ3) is 3.77. The molecule has 3 rings (SSSR count). The number of nitrogens with zero attached hydrogens (tertiary/aromatic N) is 1. The zero-order chi connectivity index (χ0) is 16.1. The first-order valence-corrected chi connectivity index (χ1v) is 7.48. The van der Waals surface area contributed by atoms with Crippen LogP contribution in [0.15, 0.2) is 48.5 Å². The van der Waals surface area contributed by atoms with Gasteiger partial charge in [-0.05, 0) is 36.4 Å². The van der Waals surface area contributed by atoms with Gasteiger partial charge in [-0.2, -0.15) is 0 Å². The maximum Gasteiger partial charge on any atom is 0.254 e. The van der Waals surface area contributed by atoms with Gasteiger partial charge in [0.2, 0.25) is 0 Å². The van der Waals surface area contributed by atoms with Crippen LogP contribution in [0.2, 0.25) is 0 Å². The van der Waals surface area contributed by atoms with Gasteiger partial charge in [0, 0.05) is 24.2 Å². The molecule has 23 heavy (non-hydrogen) atoms. The molecule has 1 aliphatic heterocycles. The predicted molar refractivity (Wildman–Crippen MR) is 85.5 cm³/mol. The maximum absolute atomic E-state index is 13.5. The lowest BCUT2D eigenvalue weighted by Gasteiger charge is -2.26. The van der Waals surface area contributed by atoms with E-state index in [1.165, 1.54) is 6.07 Å². The molecule has 0 atom stereocenters. The van der Waals surface area contributed by atoms with E-state index in [1.807, 2.05) is 0 Å². The Balaban J connectivity index is 1.73. The molecule has 116 valence electrons. The van der Waals surface area contributed by atoms with Crippen molar-refractivity contribution in [1.29, 1.82) is 0 Å². The van der Waals surface area contributed by atoms with Gasteiger partial charge in [-0.25, -0.2) is 4.39 Å². The number of hydrogen-bond donors (Lipinski definition) is 0. The number of carbonyl (C=O) groups excluding carboxylic acids is 1. The highest BCUT2D eigenvalue weighted by atomic mass is 19.1. The van der Waals surface area contributed by atoms with Crippen molar-refractivity contribution >= 4 is 5.91 Å². The summed E-state index contributed by atoms with van der Waals surface area (Å²) in [7, 11) is 0. The number of rotatable bonds is 1. The van der Waals surface area contributed by atoms with Crippen molar-refractivity contribution in [3.05, 3.63) is 71.0 Å². The highest BCUT2D eigenvalue weighted by Gasteiger charge is 2.17. The smallest absolute Gasteiger partial charge is 0.254 e. The number of morpholine rings is 1. The van der Waals surface area contributed by atoms with Gasteiger partial charge in [0.05, 0.1) is 18.8 Å². The number of hydrogen-bond acceptors (Lipinski definition) is 2. The Morgan fingerprint density at radius 3 is 2.39 bits per heavy atom. The zero-order valence-electron chi connectivity index (χ0n) is 12.6. The predicted octanol–water partition coefficient (Wildman–Crippen LogP) is 2.70. The van der Waals surface area contributed by atoms with E-state index in [0.29, 0.717) is 37.4 Å². The second-order valence-electron chi connectivity index (χ2n) is 5.21. The maximum atomic E-state index is 13.5. The van der Waals surface area contributed by atoms with Crippen molar-refractivity contribution in [3.63, 3.8) is 0 Å². The van der Waals surface area contributed by atoms with E-state index < -0.39 is 0 Å². The first-order chi connectivity index (χ1) is 11.2. The fraction of sp³-hybridized carbons (Fsp3) is 0.211. The Morgan fingerprint density at radius 1 is 1.00 bits per heavy atom. The van der Waals surface area contributed by atoms with Gasteiger partial charge in [0.25, 0.3) is 5.91 Å². The van der Waals surface area contributed by atoms with Gasteiger partial charge in [0.1, 0.15) is 5.82 Å². The lowest BCUT2D eigenvalue weighted by Crippen LogP contribution is -2.40. The molecule has 0 radical (unpaired) electrons. The molecule has 1 fully saturated rings. The molecule has 0 spiro atoms. The monoisotopic (exact) mass is 309 g/mol. The van der Waals surface area contributed by atoms with Crippen LogP contribution in [0.1, 0.15) is 21.5 Å². The van der Waals surface area contributed by atoms with Crippen LogP contribution < -0.4 is 0 Å². The minimum Gasteiger partial charge on any atom is -0.378 e. The van der Waals surface area contributed by atoms with Gasteiger partial charge in [-0.1, -0.05) is 24.0 Å². The standard InChI is InChI=1S/C19H16FNO2/c20-18-4-2-1-3-16(18)8-5-15-6-9-17(10-7-15)19(22)21-11-13-23-14-12-21/h1-4,6-7,9-10H,11-14H2. The molecule has 1 saturated heterocycles. The molecule has 0 saturated carbocycles. The Bertz CT molecular complexity index is 753. The van der Waals surface area contributed by atoms with Crippen LogP contribution in [-0.2, 0) is 4.74 Å². The molecule has 1 amide bonds. The molecule has 0 aliphatic carbocycles. The number of ether oxygens (including phenoxy) is 1. The highest BCUT2D eigenvalue weighted by molar-refractivity contribution is 5.94. The Morgan fingerprint density at radius 2 is 1.70 bits per heavy atom. The normalized spacial score (nSPS) is 14.0. The van der Waals surface area contributed by atoms with Crippen LogP contribution in [0, 0.1) is 17.7 Å². The van der Waals surface area contributed by atoms with E-state index in [1.54, 1.807) is 47.4 Å². The minimum absolute atomic E-state index is 0.00177. The molecule has 0 bridgehead atoms. The Kier molecular flexibility index (Phi) is 4.70. The van der Waals surface area contributed by atoms with E-state index in [9.17, 15) is 9.18 Å². The Labute approximate surface area is 134 Å². The van der Waals surface area contributed by atoms with Gasteiger partial charge in [-0.3, -0.25) is 4.79 Å². The third-order valence-electron chi connectivity index (χ3n) is 3.65. The summed E-state index contributed by atoms with van der Waals surface area (Å²) in [5.74, 6) is 5.38. The summed E-state index contributed by atoms with van der Waals surface area (Å²) < 4.78 is 18.8. The van der Waals surface area contributed by atoms with E-state index in [0.717, 1.165) is 5.56 Å². The molecule has 0 aromatic heterocycles. The summed E-state index contributed by atoms with van der Waals surface area (Å²) in [5, 5.41) is 0. The van der Waals surface area contributed by atoms with Crippen molar-refractivity contribution in [2.75, 3.05) is 26.3 Å². The van der Waals surface area contributed by atoms with E-state index in [-0.39, 0.29) is 11.7 Å². The highest BCUT2D eigenvalue weighted by Crippen LogP contribution is 2.10. The molecule has 1 heterocycles. The summed E-state index contributed by atoms with van der Waals surface area (Å²) in [6.07, 6.45) is 0. The van der Waals surface area contributed by atoms with Crippen LogP contribution in [0.4, 0.5) is 4.39 Å². The number of halogens is 1. The lowest BCUT2D eigenvalue weighted by atomic mass is 10.1. The van der Waals surface area contributed by atoms with Crippen molar-refractivity contribution < 1.29 is 13.9 Å². The van der Waals surface area contributed by atoms with Crippen LogP contribution in [0.25, 0.3) is 0 Å². The Hall–Kier alpha value is -2.64. The number of carbonyl (C=O) groups is 1. The van der Waals surface area contributed by atoms with Gasteiger partial charge >= 0.3 is 0 Å². The number of amides is 1. The zero-order valence-corrected chi connectivity index (χ0v) is 12.6. The van der Waals surface area contributed by atoms with Crippen molar-refractivity contribution in [2.24, 2.45) is 0 Å². The average Bonchev–Trinajstić information content (AvgIpc) is 2.62. The minimum atomic E-state index is -0.334. The molecule has 2 aromatic rings. The topological polar surface area (TPSA) is 29.5 Å². The fourth-order valence-electron chi connectivity index (χ4n) is 2.35. The first-order valence-electron chi connectivity index (χ1n) is 7.48. The third-order valence-corrected chi connectivity index (χ3v) is 3.65. The van der Waals surface area contributed by atoms with E-state index >= 15 is 0 Å². The second kappa shape index (κ2) is 7.08. The quantitative estimate of drug-likeness (QED) is 0.758. The van der Waals surface area contributed by atoms with Crippen LogP contribution >= 0.6 is 0 Å². The lowest BCUT2D eigenvalue weighted by molar-refractivity contribution is 0.0303. The molecule has 1 aliphatic rings.